The zero-order valence-electron chi connectivity index (χ0n) is 39.3. The highest BCUT2D eigenvalue weighted by molar-refractivity contribution is 7.86. The smallest absolute Gasteiger partial charge is 0.434 e. The number of fused-ring (bicyclic) bond motifs is 2. The number of likely N-dealkylation sites (tertiary alicyclic amines) is 2. The Morgan fingerprint density at radius 2 is 1.24 bits per heavy atom. The van der Waals surface area contributed by atoms with Crippen molar-refractivity contribution < 1.29 is 65.4 Å². The lowest BCUT2D eigenvalue weighted by Gasteiger charge is -2.33. The highest BCUT2D eigenvalue weighted by Gasteiger charge is 2.32. The molecule has 2 amide bonds. The Labute approximate surface area is 421 Å². The lowest BCUT2D eigenvalue weighted by Crippen LogP contribution is -2.47. The standard InChI is InChI=1S/C45H52N12O15S2/c46-35-5-3-32-37(33-4-6-36(47)41(74(69,70)71)39(33)72-38(32)40(35)73(66,67)68)31-2-1-28(42(60)50-20-26-7-13-52(14-8-26)22-29(58)24-54-17-11-48-44(54)56(62)63)19-34(31)43(61)51-21-27-9-15-53(16-10-27)23-30(59)25-55-18-12-49-45(55)57(64)65/h1-6,11-12,17-19,26-27,29-30,46,58-59H,7-10,13-16,20-25,47H2,(H,50,60)(H,51,61)(H,66,67,68)(H,69,70,71)/p-1. The summed E-state index contributed by atoms with van der Waals surface area (Å²) in [5.74, 6) is -2.85. The molecule has 8 N–H and O–H groups in total. The highest BCUT2D eigenvalue weighted by Crippen LogP contribution is 2.46. The molecule has 3 aliphatic heterocycles. The summed E-state index contributed by atoms with van der Waals surface area (Å²) in [6.07, 6.45) is 5.93. The summed E-state index contributed by atoms with van der Waals surface area (Å²) >= 11 is 0. The first-order valence-corrected chi connectivity index (χ1v) is 26.0. The van der Waals surface area contributed by atoms with Crippen molar-refractivity contribution >= 4 is 60.6 Å². The monoisotopic (exact) mass is 1060 g/mol. The van der Waals surface area contributed by atoms with Gasteiger partial charge in [0.1, 0.15) is 49.9 Å². The number of aromatic nitrogens is 4. The van der Waals surface area contributed by atoms with Gasteiger partial charge in [-0.2, -0.15) is 0 Å². The van der Waals surface area contributed by atoms with Gasteiger partial charge >= 0.3 is 11.9 Å². The number of aliphatic hydroxyl groups is 2. The molecule has 0 bridgehead atoms. The van der Waals surface area contributed by atoms with E-state index >= 15 is 0 Å². The minimum atomic E-state index is -5.46. The van der Waals surface area contributed by atoms with Gasteiger partial charge in [-0.25, -0.2) is 26.0 Å². The molecule has 2 saturated heterocycles. The maximum absolute atomic E-state index is 14.6. The Morgan fingerprint density at radius 1 is 0.743 bits per heavy atom. The summed E-state index contributed by atoms with van der Waals surface area (Å²) in [7, 11) is -10.9. The molecule has 29 heteroatoms. The van der Waals surface area contributed by atoms with Crippen LogP contribution in [0, 0.1) is 32.1 Å². The van der Waals surface area contributed by atoms with E-state index in [-0.39, 0.29) is 90.3 Å². The summed E-state index contributed by atoms with van der Waals surface area (Å²) in [6, 6.07) is 8.87. The summed E-state index contributed by atoms with van der Waals surface area (Å²) < 4.78 is 84.7. The third kappa shape index (κ3) is 11.7. The second-order valence-electron chi connectivity index (χ2n) is 18.4. The average Bonchev–Trinajstić information content (AvgIpc) is 4.01. The molecule has 0 saturated carbocycles. The number of carbonyl (C=O) groups is 2. The van der Waals surface area contributed by atoms with Crippen LogP contribution in [-0.4, -0.2) is 151 Å². The number of nitro groups is 2. The van der Waals surface area contributed by atoms with Crippen LogP contribution in [0.15, 0.2) is 81.5 Å². The van der Waals surface area contributed by atoms with E-state index < -0.39 is 92.2 Å². The van der Waals surface area contributed by atoms with Crippen LogP contribution in [0.3, 0.4) is 0 Å². The van der Waals surface area contributed by atoms with Crippen molar-refractivity contribution in [3.8, 4) is 22.5 Å². The zero-order valence-corrected chi connectivity index (χ0v) is 40.9. The third-order valence-corrected chi connectivity index (χ3v) is 15.1. The fourth-order valence-electron chi connectivity index (χ4n) is 9.71. The van der Waals surface area contributed by atoms with Crippen molar-refractivity contribution in [1.29, 1.82) is 0 Å². The number of aliphatic hydroxyl groups excluding tert-OH is 2. The number of anilines is 1. The first kappa shape index (κ1) is 53.1. The van der Waals surface area contributed by atoms with Gasteiger partial charge in [-0.1, -0.05) is 16.0 Å². The Balaban J connectivity index is 1.04. The number of hydrogen-bond donors (Lipinski definition) is 6. The first-order valence-electron chi connectivity index (χ1n) is 23.2. The van der Waals surface area contributed by atoms with Gasteiger partial charge in [0, 0.05) is 59.9 Å². The Bertz CT molecular complexity index is 3380. The number of imidazole rings is 2. The van der Waals surface area contributed by atoms with Crippen LogP contribution >= 0.6 is 0 Å². The van der Waals surface area contributed by atoms with Gasteiger partial charge in [-0.3, -0.25) is 15.0 Å². The molecule has 394 valence electrons. The largest absolute Gasteiger partial charge is 0.744 e. The van der Waals surface area contributed by atoms with Crippen LogP contribution in [0.4, 0.5) is 17.6 Å². The number of amides is 2. The SMILES string of the molecule is Nc1ccc2c(-c3ccc(C(=O)NCC4CCN(CC(O)Cn5ccnc5[N+](=O)[O-])CC4)cc3C(=O)NCC3CCN(CC(O)Cn4ccnc4[N+](=O)[O-])CC3)c3ccc(=[NH2+])c(S(=O)(=O)[O-])c-3oc2c1S(=O)(=O)[O-]. The van der Waals surface area contributed by atoms with Crippen molar-refractivity contribution in [2.24, 2.45) is 11.8 Å². The van der Waals surface area contributed by atoms with Gasteiger partial charge in [0.25, 0.3) is 11.8 Å². The number of rotatable bonds is 19. The maximum Gasteiger partial charge on any atom is 0.434 e. The fraction of sp³-hybridized carbons (Fsp3) is 0.400. The van der Waals surface area contributed by atoms with E-state index in [1.54, 1.807) is 0 Å². The van der Waals surface area contributed by atoms with E-state index in [1.807, 2.05) is 9.80 Å². The molecule has 5 heterocycles. The van der Waals surface area contributed by atoms with Gasteiger partial charge in [-0.15, -0.1) is 0 Å². The number of nitrogens with zero attached hydrogens (tertiary/aromatic N) is 8. The molecule has 0 radical (unpaired) electrons. The van der Waals surface area contributed by atoms with Crippen LogP contribution in [0.1, 0.15) is 46.4 Å². The van der Waals surface area contributed by atoms with Crippen LogP contribution in [0.2, 0.25) is 0 Å². The molecule has 27 nitrogen and oxygen atoms in total. The van der Waals surface area contributed by atoms with E-state index in [2.05, 4.69) is 20.6 Å². The fourth-order valence-corrected chi connectivity index (χ4v) is 11.2. The molecule has 2 aromatic heterocycles. The van der Waals surface area contributed by atoms with Crippen LogP contribution in [0.5, 0.6) is 0 Å². The summed E-state index contributed by atoms with van der Waals surface area (Å²) in [6.45, 7) is 2.91. The minimum Gasteiger partial charge on any atom is -0.744 e. The summed E-state index contributed by atoms with van der Waals surface area (Å²) in [4.78, 5) is 59.1. The summed E-state index contributed by atoms with van der Waals surface area (Å²) in [5.41, 5.74) is 4.37. The molecule has 2 unspecified atom stereocenters. The Hall–Kier alpha value is -7.25. The molecule has 4 aliphatic rings. The number of β-amino-alcohol motifs (C(OH)–C–C–N with tert-alkyl or cyclic N) is 2. The normalized spacial score (nSPS) is 16.3. The molecule has 8 rings (SSSR count). The maximum atomic E-state index is 14.6. The second kappa shape index (κ2) is 21.7. The predicted molar refractivity (Wildman–Crippen MR) is 256 cm³/mol. The van der Waals surface area contributed by atoms with E-state index in [4.69, 9.17) is 15.6 Å². The van der Waals surface area contributed by atoms with Gasteiger partial charge in [-0.05, 0) is 109 Å². The molecular weight excluding hydrogens is 1010 g/mol. The van der Waals surface area contributed by atoms with Gasteiger partial charge in [0.15, 0.2) is 16.2 Å². The number of nitrogen functional groups attached to an aromatic ring is 1. The highest BCUT2D eigenvalue weighted by atomic mass is 32.2. The quantitative estimate of drug-likeness (QED) is 0.0195. The predicted octanol–water partition coefficient (Wildman–Crippen LogP) is -0.530. The Kier molecular flexibility index (Phi) is 15.5. The van der Waals surface area contributed by atoms with Gasteiger partial charge in [0.2, 0.25) is 5.36 Å². The number of piperidine rings is 2. The molecule has 2 fully saturated rings. The van der Waals surface area contributed by atoms with Crippen molar-refractivity contribution in [1.82, 2.24) is 39.5 Å². The lowest BCUT2D eigenvalue weighted by atomic mass is 9.89. The second-order valence-corrected chi connectivity index (χ2v) is 21.0. The third-order valence-electron chi connectivity index (χ3n) is 13.3. The van der Waals surface area contributed by atoms with Crippen molar-refractivity contribution in [2.45, 2.75) is 60.8 Å². The van der Waals surface area contributed by atoms with Crippen molar-refractivity contribution in [2.75, 3.05) is 58.1 Å². The van der Waals surface area contributed by atoms with E-state index in [0.717, 1.165) is 12.1 Å². The molecule has 2 aromatic carbocycles. The molecule has 2 atom stereocenters. The molecular formula is C45H51N12O15S2-. The number of nitrogens with two attached hydrogens (primary N) is 2. The molecule has 74 heavy (non-hydrogen) atoms. The number of hydrogen-bond acceptors (Lipinski definition) is 20. The van der Waals surface area contributed by atoms with E-state index in [9.17, 15) is 66.0 Å². The van der Waals surface area contributed by atoms with Crippen LogP contribution < -0.4 is 27.1 Å². The number of nitrogens with one attached hydrogen (secondary N) is 2. The van der Waals surface area contributed by atoms with Crippen molar-refractivity contribution in [3.63, 3.8) is 0 Å². The molecule has 1 aliphatic carbocycles. The molecule has 4 aromatic rings. The zero-order chi connectivity index (χ0) is 53.2. The van der Waals surface area contributed by atoms with E-state index in [0.29, 0.717) is 51.9 Å². The Morgan fingerprint density at radius 3 is 1.74 bits per heavy atom. The number of carbonyl (C=O) groups excluding carboxylic acids is 2. The van der Waals surface area contributed by atoms with Gasteiger partial charge < -0.3 is 70.1 Å². The number of benzene rings is 3. The lowest BCUT2D eigenvalue weighted by molar-refractivity contribution is -0.397. The minimum absolute atomic E-state index is 0.00188. The van der Waals surface area contributed by atoms with E-state index in [1.165, 1.54) is 64.3 Å². The first-order chi connectivity index (χ1) is 35.1. The average molecular weight is 1060 g/mol. The van der Waals surface area contributed by atoms with Crippen molar-refractivity contribution in [3.05, 3.63) is 104 Å². The topological polar surface area (TPSA) is 406 Å². The van der Waals surface area contributed by atoms with Gasteiger partial charge in [0.05, 0.1) is 31.0 Å². The summed E-state index contributed by atoms with van der Waals surface area (Å²) in [5, 5.41) is 55.1. The molecule has 0 spiro atoms. The van der Waals surface area contributed by atoms with Crippen LogP contribution in [-0.2, 0) is 33.3 Å². The van der Waals surface area contributed by atoms with Crippen LogP contribution in [0.25, 0.3) is 33.4 Å².